The molecule has 0 aliphatic heterocycles. The van der Waals surface area contributed by atoms with Gasteiger partial charge in [0.2, 0.25) is 0 Å². The van der Waals surface area contributed by atoms with Crippen molar-refractivity contribution in [2.75, 3.05) is 11.9 Å². The fraction of sp³-hybridized carbons (Fsp3) is 0.118. The van der Waals surface area contributed by atoms with Gasteiger partial charge in [-0.2, -0.15) is 0 Å². The highest BCUT2D eigenvalue weighted by molar-refractivity contribution is 6.02. The van der Waals surface area contributed by atoms with Crippen LogP contribution in [-0.4, -0.2) is 29.6 Å². The molecular formula is C17H15FN2O5. The molecule has 8 heteroatoms. The number of hydrogen-bond acceptors (Lipinski definition) is 5. The van der Waals surface area contributed by atoms with E-state index in [2.05, 4.69) is 10.1 Å². The van der Waals surface area contributed by atoms with Crippen LogP contribution in [0, 0.1) is 5.82 Å². The molecule has 3 amide bonds. The van der Waals surface area contributed by atoms with E-state index < -0.39 is 36.4 Å². The smallest absolute Gasteiger partial charge is 0.340 e. The Kier molecular flexibility index (Phi) is 6.19. The molecule has 0 unspecified atom stereocenters. The molecule has 2 aromatic rings. The Labute approximate surface area is 142 Å². The van der Waals surface area contributed by atoms with Crippen molar-refractivity contribution in [3.63, 3.8) is 0 Å². The average molecular weight is 346 g/mol. The van der Waals surface area contributed by atoms with E-state index in [4.69, 9.17) is 0 Å². The SMILES string of the molecule is O=C(COC(=O)[C@@H](O)c1ccccc1)NC(=O)Nc1ccccc1F. The van der Waals surface area contributed by atoms with Gasteiger partial charge in [-0.25, -0.2) is 14.0 Å². The number of hydrogen-bond donors (Lipinski definition) is 3. The van der Waals surface area contributed by atoms with Crippen molar-refractivity contribution in [1.29, 1.82) is 0 Å². The summed E-state index contributed by atoms with van der Waals surface area (Å²) >= 11 is 0. The quantitative estimate of drug-likeness (QED) is 0.716. The van der Waals surface area contributed by atoms with Crippen LogP contribution in [0.1, 0.15) is 11.7 Å². The van der Waals surface area contributed by atoms with E-state index in [9.17, 15) is 23.9 Å². The number of nitrogens with one attached hydrogen (secondary N) is 2. The van der Waals surface area contributed by atoms with E-state index in [1.165, 1.54) is 30.3 Å². The molecular weight excluding hydrogens is 331 g/mol. The third kappa shape index (κ3) is 5.40. The zero-order valence-electron chi connectivity index (χ0n) is 12.9. The number of benzene rings is 2. The highest BCUT2D eigenvalue weighted by Crippen LogP contribution is 2.13. The number of amides is 3. The summed E-state index contributed by atoms with van der Waals surface area (Å²) in [6.45, 7) is -0.770. The van der Waals surface area contributed by atoms with Crippen LogP contribution < -0.4 is 10.6 Å². The van der Waals surface area contributed by atoms with Gasteiger partial charge in [0.15, 0.2) is 12.7 Å². The molecule has 0 spiro atoms. The van der Waals surface area contributed by atoms with Crippen LogP contribution in [0.2, 0.25) is 0 Å². The molecule has 7 nitrogen and oxygen atoms in total. The minimum Gasteiger partial charge on any atom is -0.453 e. The van der Waals surface area contributed by atoms with Crippen LogP contribution >= 0.6 is 0 Å². The summed E-state index contributed by atoms with van der Waals surface area (Å²) in [7, 11) is 0. The molecule has 0 aliphatic carbocycles. The van der Waals surface area contributed by atoms with Gasteiger partial charge in [-0.1, -0.05) is 42.5 Å². The lowest BCUT2D eigenvalue weighted by Crippen LogP contribution is -2.37. The fourth-order valence-corrected chi connectivity index (χ4v) is 1.87. The predicted octanol–water partition coefficient (Wildman–Crippen LogP) is 1.75. The standard InChI is InChI=1S/C17H15FN2O5/c18-12-8-4-5-9-13(12)19-17(24)20-14(21)10-25-16(23)15(22)11-6-2-1-3-7-11/h1-9,15,22H,10H2,(H2,19,20,21,24)/t15-/m0/s1. The molecule has 0 radical (unpaired) electrons. The van der Waals surface area contributed by atoms with Gasteiger partial charge >= 0.3 is 12.0 Å². The molecule has 0 aliphatic rings. The molecule has 0 bridgehead atoms. The van der Waals surface area contributed by atoms with E-state index in [0.29, 0.717) is 5.56 Å². The Morgan fingerprint density at radius 3 is 2.36 bits per heavy atom. The second-order valence-corrected chi connectivity index (χ2v) is 4.90. The third-order valence-corrected chi connectivity index (χ3v) is 3.06. The number of carbonyl (C=O) groups excluding carboxylic acids is 3. The van der Waals surface area contributed by atoms with Gasteiger partial charge < -0.3 is 15.2 Å². The maximum atomic E-state index is 13.4. The molecule has 0 fully saturated rings. The van der Waals surface area contributed by atoms with Crippen LogP contribution in [0.5, 0.6) is 0 Å². The van der Waals surface area contributed by atoms with Gasteiger partial charge in [0.1, 0.15) is 5.82 Å². The van der Waals surface area contributed by atoms with E-state index in [1.54, 1.807) is 18.2 Å². The summed E-state index contributed by atoms with van der Waals surface area (Å²) in [4.78, 5) is 34.8. The number of esters is 1. The van der Waals surface area contributed by atoms with E-state index >= 15 is 0 Å². The Balaban J connectivity index is 1.79. The summed E-state index contributed by atoms with van der Waals surface area (Å²) in [6, 6.07) is 12.4. The van der Waals surface area contributed by atoms with Gasteiger partial charge in [0, 0.05) is 0 Å². The number of imide groups is 1. The minimum atomic E-state index is -1.54. The lowest BCUT2D eigenvalue weighted by atomic mass is 10.1. The molecule has 1 atom stereocenters. The van der Waals surface area contributed by atoms with E-state index in [1.807, 2.05) is 5.32 Å². The first-order chi connectivity index (χ1) is 12.0. The topological polar surface area (TPSA) is 105 Å². The van der Waals surface area contributed by atoms with Crippen LogP contribution in [0.4, 0.5) is 14.9 Å². The minimum absolute atomic E-state index is 0.107. The number of rotatable bonds is 5. The van der Waals surface area contributed by atoms with Crippen molar-refractivity contribution >= 4 is 23.6 Å². The largest absolute Gasteiger partial charge is 0.453 e. The molecule has 2 rings (SSSR count). The highest BCUT2D eigenvalue weighted by Gasteiger charge is 2.20. The second-order valence-electron chi connectivity index (χ2n) is 4.90. The third-order valence-electron chi connectivity index (χ3n) is 3.06. The molecule has 3 N–H and O–H groups in total. The molecule has 0 saturated heterocycles. The van der Waals surface area contributed by atoms with Gasteiger partial charge in [0.25, 0.3) is 5.91 Å². The summed E-state index contributed by atoms with van der Waals surface area (Å²) in [5, 5.41) is 13.8. The van der Waals surface area contributed by atoms with Crippen molar-refractivity contribution in [2.24, 2.45) is 0 Å². The van der Waals surface area contributed by atoms with Crippen LogP contribution in [0.25, 0.3) is 0 Å². The normalized spacial score (nSPS) is 11.3. The number of aliphatic hydroxyl groups is 1. The molecule has 0 saturated carbocycles. The maximum Gasteiger partial charge on any atom is 0.340 e. The Hall–Kier alpha value is -3.26. The van der Waals surface area contributed by atoms with Crippen molar-refractivity contribution in [3.05, 3.63) is 66.0 Å². The van der Waals surface area contributed by atoms with Gasteiger partial charge in [-0.05, 0) is 17.7 Å². The molecule has 2 aromatic carbocycles. The van der Waals surface area contributed by atoms with E-state index in [0.717, 1.165) is 6.07 Å². The van der Waals surface area contributed by atoms with Crippen LogP contribution in [-0.2, 0) is 14.3 Å². The van der Waals surface area contributed by atoms with Crippen LogP contribution in [0.15, 0.2) is 54.6 Å². The van der Waals surface area contributed by atoms with Crippen LogP contribution in [0.3, 0.4) is 0 Å². The van der Waals surface area contributed by atoms with E-state index in [-0.39, 0.29) is 5.69 Å². The first-order valence-electron chi connectivity index (χ1n) is 7.22. The monoisotopic (exact) mass is 346 g/mol. The van der Waals surface area contributed by atoms with Gasteiger partial charge in [0.05, 0.1) is 5.69 Å². The zero-order valence-corrected chi connectivity index (χ0v) is 12.9. The van der Waals surface area contributed by atoms with Crippen molar-refractivity contribution < 1.29 is 28.6 Å². The molecule has 130 valence electrons. The second kappa shape index (κ2) is 8.55. The lowest BCUT2D eigenvalue weighted by molar-refractivity contribution is -0.157. The highest BCUT2D eigenvalue weighted by atomic mass is 19.1. The first-order valence-corrected chi connectivity index (χ1v) is 7.22. The molecule has 0 heterocycles. The maximum absolute atomic E-state index is 13.4. The summed E-state index contributed by atoms with van der Waals surface area (Å²) in [6.07, 6.45) is -1.54. The number of ether oxygens (including phenoxy) is 1. The summed E-state index contributed by atoms with van der Waals surface area (Å²) < 4.78 is 18.0. The lowest BCUT2D eigenvalue weighted by Gasteiger charge is -2.11. The summed E-state index contributed by atoms with van der Waals surface area (Å²) in [5.74, 6) is -2.62. The average Bonchev–Trinajstić information content (AvgIpc) is 2.61. The number of urea groups is 1. The van der Waals surface area contributed by atoms with Gasteiger partial charge in [-0.15, -0.1) is 0 Å². The Morgan fingerprint density at radius 1 is 1.04 bits per heavy atom. The molecule has 0 aromatic heterocycles. The van der Waals surface area contributed by atoms with Crippen molar-refractivity contribution in [1.82, 2.24) is 5.32 Å². The number of anilines is 1. The van der Waals surface area contributed by atoms with Crippen molar-refractivity contribution in [2.45, 2.75) is 6.10 Å². The number of carbonyl (C=O) groups is 3. The zero-order chi connectivity index (χ0) is 18.2. The van der Waals surface area contributed by atoms with Crippen molar-refractivity contribution in [3.8, 4) is 0 Å². The number of para-hydroxylation sites is 1. The Bertz CT molecular complexity index is 767. The first kappa shape index (κ1) is 18.1. The molecule has 25 heavy (non-hydrogen) atoms. The number of aliphatic hydroxyl groups excluding tert-OH is 1. The van der Waals surface area contributed by atoms with Gasteiger partial charge in [-0.3, -0.25) is 10.1 Å². The fourth-order valence-electron chi connectivity index (χ4n) is 1.87. The predicted molar refractivity (Wildman–Crippen MR) is 85.9 cm³/mol. The summed E-state index contributed by atoms with van der Waals surface area (Å²) in [5.41, 5.74) is 0.203. The Morgan fingerprint density at radius 2 is 1.68 bits per heavy atom. The number of halogens is 1.